The first-order chi connectivity index (χ1) is 9.83. The zero-order valence-corrected chi connectivity index (χ0v) is 13.1. The van der Waals surface area contributed by atoms with Crippen molar-refractivity contribution in [2.45, 2.75) is 65.0 Å². The van der Waals surface area contributed by atoms with Crippen LogP contribution < -0.4 is 5.32 Å². The van der Waals surface area contributed by atoms with E-state index in [-0.39, 0.29) is 0 Å². The van der Waals surface area contributed by atoms with E-state index in [9.17, 15) is 0 Å². The van der Waals surface area contributed by atoms with Crippen LogP contribution in [0.15, 0.2) is 18.3 Å². The quantitative estimate of drug-likeness (QED) is 0.848. The lowest BCUT2D eigenvalue weighted by atomic mass is 10.1. The summed E-state index contributed by atoms with van der Waals surface area (Å²) in [5.74, 6) is 0. The van der Waals surface area contributed by atoms with Crippen molar-refractivity contribution >= 4 is 5.69 Å². The minimum absolute atomic E-state index is 0.742. The van der Waals surface area contributed by atoms with Crippen LogP contribution in [0.2, 0.25) is 0 Å². The summed E-state index contributed by atoms with van der Waals surface area (Å²) in [6, 6.07) is 5.03. The Morgan fingerprint density at radius 3 is 3.00 bits per heavy atom. The van der Waals surface area contributed by atoms with E-state index in [0.29, 0.717) is 0 Å². The van der Waals surface area contributed by atoms with Gasteiger partial charge >= 0.3 is 0 Å². The van der Waals surface area contributed by atoms with Crippen LogP contribution in [-0.4, -0.2) is 29.0 Å². The molecule has 1 aromatic rings. The minimum atomic E-state index is 0.742. The largest absolute Gasteiger partial charge is 0.385 e. The molecule has 1 unspecified atom stereocenters. The van der Waals surface area contributed by atoms with Crippen molar-refractivity contribution in [1.82, 2.24) is 9.88 Å². The van der Waals surface area contributed by atoms with Crippen molar-refractivity contribution in [2.24, 2.45) is 0 Å². The fourth-order valence-electron chi connectivity index (χ4n) is 3.06. The van der Waals surface area contributed by atoms with Crippen molar-refractivity contribution in [2.75, 3.05) is 18.4 Å². The second-order valence-corrected chi connectivity index (χ2v) is 5.84. The van der Waals surface area contributed by atoms with Crippen molar-refractivity contribution in [3.05, 3.63) is 24.0 Å². The summed E-state index contributed by atoms with van der Waals surface area (Å²) in [6.07, 6.45) is 9.81. The summed E-state index contributed by atoms with van der Waals surface area (Å²) in [7, 11) is 0. The van der Waals surface area contributed by atoms with Crippen LogP contribution in [0.3, 0.4) is 0 Å². The monoisotopic (exact) mass is 275 g/mol. The molecule has 0 bridgehead atoms. The van der Waals surface area contributed by atoms with E-state index in [1.54, 1.807) is 0 Å². The highest BCUT2D eigenvalue weighted by molar-refractivity contribution is 5.43. The van der Waals surface area contributed by atoms with E-state index in [4.69, 9.17) is 0 Å². The van der Waals surface area contributed by atoms with Crippen LogP contribution in [0.5, 0.6) is 0 Å². The fourth-order valence-corrected chi connectivity index (χ4v) is 3.06. The first-order valence-corrected chi connectivity index (χ1v) is 8.26. The number of pyridine rings is 1. The maximum atomic E-state index is 4.56. The average Bonchev–Trinajstić information content (AvgIpc) is 2.70. The molecule has 1 fully saturated rings. The molecule has 20 heavy (non-hydrogen) atoms. The predicted molar refractivity (Wildman–Crippen MR) is 86.0 cm³/mol. The molecule has 0 spiro atoms. The molecule has 1 N–H and O–H groups in total. The van der Waals surface area contributed by atoms with E-state index in [2.05, 4.69) is 41.2 Å². The van der Waals surface area contributed by atoms with Crippen LogP contribution in [0.1, 0.15) is 58.1 Å². The predicted octanol–water partition coefficient (Wildman–Crippen LogP) is 4.06. The summed E-state index contributed by atoms with van der Waals surface area (Å²) in [6.45, 7) is 7.77. The lowest BCUT2D eigenvalue weighted by Gasteiger charge is -2.28. The average molecular weight is 275 g/mol. The smallest absolute Gasteiger partial charge is 0.0564 e. The second-order valence-electron chi connectivity index (χ2n) is 5.84. The van der Waals surface area contributed by atoms with Gasteiger partial charge in [0.25, 0.3) is 0 Å². The fraction of sp³-hybridized carbons (Fsp3) is 0.706. The normalized spacial score (nSPS) is 20.6. The third kappa shape index (κ3) is 4.48. The highest BCUT2D eigenvalue weighted by Crippen LogP contribution is 2.21. The molecule has 0 aliphatic carbocycles. The van der Waals surface area contributed by atoms with Crippen LogP contribution in [-0.2, 0) is 6.54 Å². The molecule has 2 rings (SSSR count). The molecular weight excluding hydrogens is 246 g/mol. The van der Waals surface area contributed by atoms with Crippen LogP contribution in [0, 0.1) is 0 Å². The SMILES string of the molecule is CCCNc1ccnc(CN2CCCCCC2CC)c1. The third-order valence-electron chi connectivity index (χ3n) is 4.23. The summed E-state index contributed by atoms with van der Waals surface area (Å²) in [5, 5.41) is 3.45. The number of aromatic nitrogens is 1. The molecule has 1 aromatic heterocycles. The summed E-state index contributed by atoms with van der Waals surface area (Å²) < 4.78 is 0. The van der Waals surface area contributed by atoms with Crippen LogP contribution in [0.25, 0.3) is 0 Å². The molecule has 3 nitrogen and oxygen atoms in total. The molecule has 0 saturated carbocycles. The van der Waals surface area contributed by atoms with Crippen molar-refractivity contribution in [1.29, 1.82) is 0 Å². The minimum Gasteiger partial charge on any atom is -0.385 e. The number of hydrogen-bond donors (Lipinski definition) is 1. The van der Waals surface area contributed by atoms with E-state index < -0.39 is 0 Å². The lowest BCUT2D eigenvalue weighted by Crippen LogP contribution is -2.34. The Balaban J connectivity index is 1.99. The molecular formula is C17H29N3. The lowest BCUT2D eigenvalue weighted by molar-refractivity contribution is 0.184. The highest BCUT2D eigenvalue weighted by Gasteiger charge is 2.19. The molecule has 2 heterocycles. The highest BCUT2D eigenvalue weighted by atomic mass is 15.2. The maximum Gasteiger partial charge on any atom is 0.0564 e. The molecule has 3 heteroatoms. The van der Waals surface area contributed by atoms with Gasteiger partial charge in [-0.05, 0) is 44.4 Å². The van der Waals surface area contributed by atoms with Crippen LogP contribution >= 0.6 is 0 Å². The summed E-state index contributed by atoms with van der Waals surface area (Å²) >= 11 is 0. The molecule has 1 aliphatic heterocycles. The van der Waals surface area contributed by atoms with Crippen LogP contribution in [0.4, 0.5) is 5.69 Å². The van der Waals surface area contributed by atoms with Crippen molar-refractivity contribution < 1.29 is 0 Å². The Kier molecular flexibility index (Phi) is 6.31. The number of rotatable bonds is 6. The van der Waals surface area contributed by atoms with Gasteiger partial charge in [-0.25, -0.2) is 0 Å². The molecule has 112 valence electrons. The van der Waals surface area contributed by atoms with Gasteiger partial charge in [-0.1, -0.05) is 26.7 Å². The van der Waals surface area contributed by atoms with E-state index >= 15 is 0 Å². The van der Waals surface area contributed by atoms with Gasteiger partial charge in [-0.3, -0.25) is 9.88 Å². The molecule has 1 saturated heterocycles. The van der Waals surface area contributed by atoms with E-state index in [1.165, 1.54) is 50.0 Å². The van der Waals surface area contributed by atoms with E-state index in [0.717, 1.165) is 25.6 Å². The summed E-state index contributed by atoms with van der Waals surface area (Å²) in [5.41, 5.74) is 2.41. The Morgan fingerprint density at radius 2 is 2.20 bits per heavy atom. The van der Waals surface area contributed by atoms with Gasteiger partial charge in [-0.15, -0.1) is 0 Å². The van der Waals surface area contributed by atoms with Gasteiger partial charge in [0.05, 0.1) is 5.69 Å². The Bertz CT molecular complexity index is 392. The zero-order chi connectivity index (χ0) is 14.2. The Labute approximate surface area is 123 Å². The molecule has 0 amide bonds. The molecule has 0 aromatic carbocycles. The number of nitrogens with one attached hydrogen (secondary N) is 1. The Morgan fingerprint density at radius 1 is 1.30 bits per heavy atom. The van der Waals surface area contributed by atoms with Gasteiger partial charge in [0.15, 0.2) is 0 Å². The summed E-state index contributed by atoms with van der Waals surface area (Å²) in [4.78, 5) is 7.20. The van der Waals surface area contributed by atoms with E-state index in [1.807, 2.05) is 6.20 Å². The maximum absolute atomic E-state index is 4.56. The number of hydrogen-bond acceptors (Lipinski definition) is 3. The first kappa shape index (κ1) is 15.3. The van der Waals surface area contributed by atoms with Gasteiger partial charge in [0, 0.05) is 31.0 Å². The topological polar surface area (TPSA) is 28.2 Å². The Hall–Kier alpha value is -1.09. The third-order valence-corrected chi connectivity index (χ3v) is 4.23. The zero-order valence-electron chi connectivity index (χ0n) is 13.1. The van der Waals surface area contributed by atoms with Crippen molar-refractivity contribution in [3.63, 3.8) is 0 Å². The van der Waals surface area contributed by atoms with Gasteiger partial charge < -0.3 is 5.32 Å². The number of nitrogens with zero attached hydrogens (tertiary/aromatic N) is 2. The molecule has 0 radical (unpaired) electrons. The molecule has 1 aliphatic rings. The molecule has 1 atom stereocenters. The number of likely N-dealkylation sites (tertiary alicyclic amines) is 1. The van der Waals surface area contributed by atoms with Crippen molar-refractivity contribution in [3.8, 4) is 0 Å². The number of anilines is 1. The van der Waals surface area contributed by atoms with Gasteiger partial charge in [0.2, 0.25) is 0 Å². The standard InChI is InChI=1S/C17H29N3/c1-3-10-18-15-9-11-19-16(13-15)14-20-12-7-5-6-8-17(20)4-2/h9,11,13,17H,3-8,10,12,14H2,1-2H3,(H,18,19). The van der Waals surface area contributed by atoms with Gasteiger partial charge in [-0.2, -0.15) is 0 Å². The first-order valence-electron chi connectivity index (χ1n) is 8.26. The van der Waals surface area contributed by atoms with Gasteiger partial charge in [0.1, 0.15) is 0 Å². The second kappa shape index (κ2) is 8.25.